The molecule has 0 aliphatic carbocycles. The van der Waals surface area contributed by atoms with Crippen LogP contribution >= 0.6 is 0 Å². The summed E-state index contributed by atoms with van der Waals surface area (Å²) >= 11 is 0. The maximum Gasteiger partial charge on any atom is 0.0466 e. The highest BCUT2D eigenvalue weighted by atomic mass is 16.5. The highest BCUT2D eigenvalue weighted by Crippen LogP contribution is 2.00. The maximum absolute atomic E-state index is 4.94. The van der Waals surface area contributed by atoms with Crippen LogP contribution in [0.4, 0.5) is 0 Å². The van der Waals surface area contributed by atoms with Crippen LogP contribution in [0.2, 0.25) is 0 Å². The van der Waals surface area contributed by atoms with E-state index in [1.165, 1.54) is 44.9 Å². The Labute approximate surface area is 77.5 Å². The van der Waals surface area contributed by atoms with Crippen molar-refractivity contribution < 1.29 is 4.74 Å². The second kappa shape index (κ2) is 11.0. The van der Waals surface area contributed by atoms with Gasteiger partial charge in [-0.05, 0) is 12.8 Å². The molecule has 0 aromatic rings. The Kier molecular flexibility index (Phi) is 10.9. The van der Waals surface area contributed by atoms with Crippen molar-refractivity contribution in [3.05, 3.63) is 0 Å². The van der Waals surface area contributed by atoms with E-state index in [9.17, 15) is 0 Å². The van der Waals surface area contributed by atoms with Crippen LogP contribution in [-0.4, -0.2) is 13.2 Å². The van der Waals surface area contributed by atoms with E-state index in [1.54, 1.807) is 0 Å². The van der Waals surface area contributed by atoms with Crippen LogP contribution in [0.15, 0.2) is 0 Å². The van der Waals surface area contributed by atoms with Gasteiger partial charge in [-0.1, -0.05) is 46.0 Å². The van der Waals surface area contributed by atoms with Gasteiger partial charge in [0, 0.05) is 13.2 Å². The molecular formula is C11H24O. The molecule has 1 saturated heterocycles. The van der Waals surface area contributed by atoms with Crippen molar-refractivity contribution in [2.24, 2.45) is 0 Å². The molecule has 1 heterocycles. The van der Waals surface area contributed by atoms with E-state index in [2.05, 4.69) is 13.8 Å². The molecule has 74 valence electrons. The molecule has 12 heavy (non-hydrogen) atoms. The van der Waals surface area contributed by atoms with Crippen molar-refractivity contribution in [2.45, 2.75) is 58.8 Å². The molecule has 0 atom stereocenters. The molecular weight excluding hydrogens is 148 g/mol. The van der Waals surface area contributed by atoms with Gasteiger partial charge in [0.25, 0.3) is 0 Å². The minimum atomic E-state index is 1.00. The molecule has 0 aromatic carbocycles. The molecule has 1 aliphatic heterocycles. The molecule has 0 N–H and O–H groups in total. The highest BCUT2D eigenvalue weighted by Gasteiger charge is 1.94. The molecule has 1 heteroatoms. The molecule has 1 aliphatic rings. The van der Waals surface area contributed by atoms with Gasteiger partial charge in [-0.2, -0.15) is 0 Å². The number of hydrogen-bond donors (Lipinski definition) is 0. The average Bonchev–Trinajstić information content (AvgIpc) is 2.62. The van der Waals surface area contributed by atoms with Crippen LogP contribution in [0.5, 0.6) is 0 Å². The van der Waals surface area contributed by atoms with Crippen LogP contribution in [0.25, 0.3) is 0 Å². The predicted octanol–water partition coefficient (Wildman–Crippen LogP) is 3.77. The van der Waals surface area contributed by atoms with Crippen molar-refractivity contribution in [3.8, 4) is 0 Å². The van der Waals surface area contributed by atoms with Crippen LogP contribution in [0.1, 0.15) is 58.8 Å². The molecule has 1 fully saturated rings. The largest absolute Gasteiger partial charge is 0.381 e. The second-order valence-electron chi connectivity index (χ2n) is 3.38. The summed E-state index contributed by atoms with van der Waals surface area (Å²) in [5.41, 5.74) is 0. The van der Waals surface area contributed by atoms with Gasteiger partial charge in [-0.15, -0.1) is 0 Å². The molecule has 0 saturated carbocycles. The lowest BCUT2D eigenvalue weighted by Crippen LogP contribution is -1.74. The third-order valence-electron chi connectivity index (χ3n) is 2.03. The van der Waals surface area contributed by atoms with Crippen molar-refractivity contribution in [2.75, 3.05) is 13.2 Å². The number of hydrogen-bond acceptors (Lipinski definition) is 1. The third-order valence-corrected chi connectivity index (χ3v) is 2.03. The molecule has 0 aromatic heterocycles. The summed E-state index contributed by atoms with van der Waals surface area (Å²) in [5, 5.41) is 0. The van der Waals surface area contributed by atoms with Crippen molar-refractivity contribution >= 4 is 0 Å². The predicted molar refractivity (Wildman–Crippen MR) is 54.5 cm³/mol. The van der Waals surface area contributed by atoms with Gasteiger partial charge in [0.05, 0.1) is 0 Å². The summed E-state index contributed by atoms with van der Waals surface area (Å²) in [6, 6.07) is 0. The van der Waals surface area contributed by atoms with E-state index in [0.29, 0.717) is 0 Å². The summed E-state index contributed by atoms with van der Waals surface area (Å²) in [4.78, 5) is 0. The fourth-order valence-electron chi connectivity index (χ4n) is 1.19. The first-order chi connectivity index (χ1) is 5.91. The monoisotopic (exact) mass is 172 g/mol. The molecule has 0 unspecified atom stereocenters. The number of ether oxygens (including phenoxy) is 1. The van der Waals surface area contributed by atoms with E-state index in [4.69, 9.17) is 4.74 Å². The van der Waals surface area contributed by atoms with E-state index in [1.807, 2.05) is 0 Å². The van der Waals surface area contributed by atoms with E-state index in [-0.39, 0.29) is 0 Å². The van der Waals surface area contributed by atoms with Crippen LogP contribution in [-0.2, 0) is 4.74 Å². The van der Waals surface area contributed by atoms with Crippen LogP contribution < -0.4 is 0 Å². The van der Waals surface area contributed by atoms with Gasteiger partial charge in [0.2, 0.25) is 0 Å². The summed E-state index contributed by atoms with van der Waals surface area (Å²) in [6.07, 6.45) is 9.56. The Balaban J connectivity index is 0.000000211. The van der Waals surface area contributed by atoms with Crippen molar-refractivity contribution in [1.82, 2.24) is 0 Å². The average molecular weight is 172 g/mol. The molecule has 0 amide bonds. The molecule has 1 nitrogen and oxygen atoms in total. The summed E-state index contributed by atoms with van der Waals surface area (Å²) < 4.78 is 4.94. The zero-order valence-corrected chi connectivity index (χ0v) is 8.77. The fraction of sp³-hybridized carbons (Fsp3) is 1.00. The lowest BCUT2D eigenvalue weighted by Gasteiger charge is -1.90. The molecule has 1 rings (SSSR count). The minimum Gasteiger partial charge on any atom is -0.381 e. The zero-order chi connectivity index (χ0) is 9.07. The van der Waals surface area contributed by atoms with E-state index in [0.717, 1.165) is 13.2 Å². The number of rotatable bonds is 4. The van der Waals surface area contributed by atoms with Gasteiger partial charge in [0.1, 0.15) is 0 Å². The Bertz CT molecular complexity index is 55.8. The topological polar surface area (TPSA) is 9.23 Å². The first-order valence-electron chi connectivity index (χ1n) is 5.49. The van der Waals surface area contributed by atoms with Crippen molar-refractivity contribution in [3.63, 3.8) is 0 Å². The molecule has 0 spiro atoms. The Hall–Kier alpha value is -0.0400. The fourth-order valence-corrected chi connectivity index (χ4v) is 1.19. The van der Waals surface area contributed by atoms with E-state index >= 15 is 0 Å². The van der Waals surface area contributed by atoms with Gasteiger partial charge >= 0.3 is 0 Å². The third kappa shape index (κ3) is 9.96. The zero-order valence-electron chi connectivity index (χ0n) is 8.77. The minimum absolute atomic E-state index is 1.00. The second-order valence-corrected chi connectivity index (χ2v) is 3.38. The van der Waals surface area contributed by atoms with Gasteiger partial charge < -0.3 is 4.74 Å². The van der Waals surface area contributed by atoms with Gasteiger partial charge in [0.15, 0.2) is 0 Å². The summed E-state index contributed by atoms with van der Waals surface area (Å²) in [7, 11) is 0. The van der Waals surface area contributed by atoms with Crippen LogP contribution in [0, 0.1) is 0 Å². The Morgan fingerprint density at radius 2 is 1.33 bits per heavy atom. The Morgan fingerprint density at radius 3 is 1.58 bits per heavy atom. The first-order valence-corrected chi connectivity index (χ1v) is 5.49. The lowest BCUT2D eigenvalue weighted by molar-refractivity contribution is 0.198. The van der Waals surface area contributed by atoms with Gasteiger partial charge in [-0.3, -0.25) is 0 Å². The van der Waals surface area contributed by atoms with E-state index < -0.39 is 0 Å². The lowest BCUT2D eigenvalue weighted by atomic mass is 10.2. The Morgan fingerprint density at radius 1 is 0.833 bits per heavy atom. The molecule has 0 radical (unpaired) electrons. The first kappa shape index (κ1) is 12.0. The van der Waals surface area contributed by atoms with Gasteiger partial charge in [-0.25, -0.2) is 0 Å². The quantitative estimate of drug-likeness (QED) is 0.586. The maximum atomic E-state index is 4.94. The normalized spacial score (nSPS) is 15.5. The number of unbranched alkanes of at least 4 members (excludes halogenated alkanes) is 4. The molecule has 0 bridgehead atoms. The van der Waals surface area contributed by atoms with Crippen LogP contribution in [0.3, 0.4) is 0 Å². The smallest absolute Gasteiger partial charge is 0.0466 e. The van der Waals surface area contributed by atoms with Crippen molar-refractivity contribution in [1.29, 1.82) is 0 Å². The highest BCUT2D eigenvalue weighted by molar-refractivity contribution is 4.43. The SMILES string of the molecule is C1CCOC1.CCCCCCC. The summed E-state index contributed by atoms with van der Waals surface area (Å²) in [5.74, 6) is 0. The standard InChI is InChI=1S/C7H16.C4H8O/c1-3-5-7-6-4-2;1-2-4-5-3-1/h3-7H2,1-2H3;1-4H2. The summed E-state index contributed by atoms with van der Waals surface area (Å²) in [6.45, 7) is 6.49.